The zero-order valence-corrected chi connectivity index (χ0v) is 42.0. The summed E-state index contributed by atoms with van der Waals surface area (Å²) in [5.41, 5.74) is 0. The molecule has 0 saturated heterocycles. The maximum Gasteiger partial charge on any atom is 0.472 e. The Bertz CT molecular complexity index is 1480. The second kappa shape index (κ2) is 47.9. The molecule has 0 aromatic heterocycles. The maximum atomic E-state index is 12.8. The van der Waals surface area contributed by atoms with Gasteiger partial charge in [0.25, 0.3) is 0 Å². The van der Waals surface area contributed by atoms with Crippen molar-refractivity contribution in [2.45, 2.75) is 200 Å². The number of carbonyl (C=O) groups is 3. The largest absolute Gasteiger partial charge is 0.472 e. The molecule has 3 atom stereocenters. The number of hydrogen-bond donors (Lipinski definition) is 2. The minimum absolute atomic E-state index is 0.0337. The van der Waals surface area contributed by atoms with Crippen molar-refractivity contribution in [1.29, 1.82) is 0 Å². The van der Waals surface area contributed by atoms with Crippen molar-refractivity contribution >= 4 is 25.7 Å². The highest BCUT2D eigenvalue weighted by Gasteiger charge is 2.28. The van der Waals surface area contributed by atoms with Crippen molar-refractivity contribution in [3.05, 3.63) is 97.2 Å². The number of allylic oxidation sites excluding steroid dienone is 16. The molecule has 11 nitrogen and oxygen atoms in total. The molecule has 12 heteroatoms. The van der Waals surface area contributed by atoms with Gasteiger partial charge in [0.2, 0.25) is 0 Å². The summed E-state index contributed by atoms with van der Waals surface area (Å²) in [5.74, 6) is -1.62. The van der Waals surface area contributed by atoms with E-state index in [-0.39, 0.29) is 25.9 Å². The molecule has 0 saturated carbocycles. The molecule has 376 valence electrons. The first-order valence-corrected chi connectivity index (χ1v) is 26.6. The van der Waals surface area contributed by atoms with Gasteiger partial charge in [-0.05, 0) is 83.5 Å². The van der Waals surface area contributed by atoms with Gasteiger partial charge in [-0.25, -0.2) is 4.57 Å². The zero-order chi connectivity index (χ0) is 48.4. The van der Waals surface area contributed by atoms with Crippen LogP contribution in [0, 0.1) is 0 Å². The Morgan fingerprint density at radius 1 is 0.439 bits per heavy atom. The number of phosphoric acid groups is 1. The van der Waals surface area contributed by atoms with Gasteiger partial charge >= 0.3 is 25.7 Å². The molecule has 0 aliphatic carbocycles. The van der Waals surface area contributed by atoms with E-state index in [0.717, 1.165) is 83.5 Å². The highest BCUT2D eigenvalue weighted by Crippen LogP contribution is 2.43. The van der Waals surface area contributed by atoms with E-state index in [9.17, 15) is 28.9 Å². The maximum absolute atomic E-state index is 12.8. The zero-order valence-electron chi connectivity index (χ0n) is 41.1. The van der Waals surface area contributed by atoms with Crippen LogP contribution in [0.2, 0.25) is 0 Å². The molecule has 0 rings (SSSR count). The van der Waals surface area contributed by atoms with E-state index in [1.807, 2.05) is 12.2 Å². The third kappa shape index (κ3) is 45.6. The van der Waals surface area contributed by atoms with Crippen LogP contribution in [0.4, 0.5) is 0 Å². The molecule has 0 bridgehead atoms. The number of carbonyl (C=O) groups excluding carboxylic acids is 3. The molecule has 0 heterocycles. The third-order valence-corrected chi connectivity index (χ3v) is 11.0. The molecule has 0 radical (unpaired) electrons. The Balaban J connectivity index is 4.91. The van der Waals surface area contributed by atoms with Crippen molar-refractivity contribution in [3.63, 3.8) is 0 Å². The number of hydrogen-bond acceptors (Lipinski definition) is 10. The van der Waals surface area contributed by atoms with E-state index in [4.69, 9.17) is 23.3 Å². The van der Waals surface area contributed by atoms with Crippen molar-refractivity contribution in [1.82, 2.24) is 0 Å². The van der Waals surface area contributed by atoms with Gasteiger partial charge in [0.1, 0.15) is 12.7 Å². The Hall–Kier alpha value is -3.60. The summed E-state index contributed by atoms with van der Waals surface area (Å²) in [7, 11) is -4.77. The van der Waals surface area contributed by atoms with Gasteiger partial charge in [0, 0.05) is 19.3 Å². The van der Waals surface area contributed by atoms with Crippen LogP contribution in [0.3, 0.4) is 0 Å². The van der Waals surface area contributed by atoms with Gasteiger partial charge < -0.3 is 24.2 Å². The summed E-state index contributed by atoms with van der Waals surface area (Å²) in [6.45, 7) is 4.24. The molecule has 66 heavy (non-hydrogen) atoms. The standard InChI is InChI=1S/C54H89O11P/c1-4-7-10-13-16-19-22-24-25-27-29-31-34-37-40-43-52(56)61-47-51(65-54(58)45-42-39-36-33-30-26-23-20-17-14-11-8-5-2)49-63-66(59,60)62-48-50(46-55)64-53(57)44-41-38-35-32-28-21-18-15-12-9-6-3/h7-8,10-11,16-17,19-20,24-26,29-31,36,39,50-51,55H,4-6,9,12-15,18,21-23,27-28,32-35,37-38,40-49H2,1-3H3,(H,59,60)/b10-7-,11-8-,19-16-,20-17-,25-24-,30-26-,31-29-,39-36-. The number of aliphatic hydroxyl groups excluding tert-OH is 1. The van der Waals surface area contributed by atoms with Crippen molar-refractivity contribution in [2.75, 3.05) is 26.4 Å². The number of phosphoric ester groups is 1. The van der Waals surface area contributed by atoms with Crippen molar-refractivity contribution in [2.24, 2.45) is 0 Å². The predicted octanol–water partition coefficient (Wildman–Crippen LogP) is 14.1. The summed E-state index contributed by atoms with van der Waals surface area (Å²) in [5, 5.41) is 9.75. The minimum Gasteiger partial charge on any atom is -0.462 e. The van der Waals surface area contributed by atoms with Gasteiger partial charge in [-0.2, -0.15) is 0 Å². The second-order valence-electron chi connectivity index (χ2n) is 16.2. The molecule has 3 unspecified atom stereocenters. The van der Waals surface area contributed by atoms with Gasteiger partial charge in [0.15, 0.2) is 6.10 Å². The Morgan fingerprint density at radius 3 is 1.30 bits per heavy atom. The van der Waals surface area contributed by atoms with Crippen LogP contribution in [0.15, 0.2) is 97.2 Å². The average molecular weight is 945 g/mol. The van der Waals surface area contributed by atoms with Crippen LogP contribution >= 0.6 is 7.82 Å². The van der Waals surface area contributed by atoms with Crippen LogP contribution in [-0.2, 0) is 42.2 Å². The van der Waals surface area contributed by atoms with E-state index < -0.39 is 57.8 Å². The monoisotopic (exact) mass is 945 g/mol. The number of esters is 3. The van der Waals surface area contributed by atoms with E-state index in [1.54, 1.807) is 0 Å². The van der Waals surface area contributed by atoms with E-state index in [1.165, 1.54) is 44.9 Å². The third-order valence-electron chi connectivity index (χ3n) is 10.0. The fraction of sp³-hybridized carbons (Fsp3) is 0.648. The van der Waals surface area contributed by atoms with Crippen LogP contribution in [0.5, 0.6) is 0 Å². The topological polar surface area (TPSA) is 155 Å². The lowest BCUT2D eigenvalue weighted by Gasteiger charge is -2.21. The molecule has 0 amide bonds. The van der Waals surface area contributed by atoms with Gasteiger partial charge in [-0.1, -0.05) is 182 Å². The molecular formula is C54H89O11P. The highest BCUT2D eigenvalue weighted by molar-refractivity contribution is 7.47. The van der Waals surface area contributed by atoms with Crippen LogP contribution in [0.1, 0.15) is 188 Å². The summed E-state index contributed by atoms with van der Waals surface area (Å²) in [4.78, 5) is 48.2. The highest BCUT2D eigenvalue weighted by atomic mass is 31.2. The van der Waals surface area contributed by atoms with Gasteiger partial charge in [-0.3, -0.25) is 23.4 Å². The first-order chi connectivity index (χ1) is 32.2. The molecule has 0 aliphatic rings. The summed E-state index contributed by atoms with van der Waals surface area (Å²) in [6.07, 6.45) is 54.1. The van der Waals surface area contributed by atoms with Crippen LogP contribution in [0.25, 0.3) is 0 Å². The molecule has 0 aliphatic heterocycles. The first-order valence-electron chi connectivity index (χ1n) is 25.1. The number of ether oxygens (including phenoxy) is 3. The van der Waals surface area contributed by atoms with Crippen molar-refractivity contribution < 1.29 is 52.2 Å². The molecule has 0 fully saturated rings. The normalized spacial score (nSPS) is 14.3. The Labute approximate surface area is 400 Å². The molecule has 0 spiro atoms. The summed E-state index contributed by atoms with van der Waals surface area (Å²) in [6, 6.07) is 0. The van der Waals surface area contributed by atoms with Crippen molar-refractivity contribution in [3.8, 4) is 0 Å². The second-order valence-corrected chi connectivity index (χ2v) is 17.7. The number of aliphatic hydroxyl groups is 1. The van der Waals surface area contributed by atoms with E-state index in [2.05, 4.69) is 106 Å². The lowest BCUT2D eigenvalue weighted by Crippen LogP contribution is -2.30. The number of rotatable bonds is 45. The number of unbranched alkanes of at least 4 members (excludes halogenated alkanes) is 12. The lowest BCUT2D eigenvalue weighted by molar-refractivity contribution is -0.161. The first kappa shape index (κ1) is 62.4. The summed E-state index contributed by atoms with van der Waals surface area (Å²) >= 11 is 0. The minimum atomic E-state index is -4.77. The quantitative estimate of drug-likeness (QED) is 0.0197. The molecule has 2 N–H and O–H groups in total. The summed E-state index contributed by atoms with van der Waals surface area (Å²) < 4.78 is 39.1. The van der Waals surface area contributed by atoms with Crippen LogP contribution in [-0.4, -0.2) is 66.5 Å². The predicted molar refractivity (Wildman–Crippen MR) is 270 cm³/mol. The Morgan fingerprint density at radius 2 is 0.818 bits per heavy atom. The average Bonchev–Trinajstić information content (AvgIpc) is 3.30. The molecule has 0 aromatic carbocycles. The smallest absolute Gasteiger partial charge is 0.462 e. The SMILES string of the molecule is CC/C=C\C/C=C\C/C=C\C/C=C\CCCCC(=O)OCC(COP(=O)(O)OCC(CO)OC(=O)CCCCCCCCCCCCC)OC(=O)CC/C=C\C/C=C\C/C=C\C/C=C\CC. The van der Waals surface area contributed by atoms with Gasteiger partial charge in [-0.15, -0.1) is 0 Å². The molecule has 0 aromatic rings. The molecular weight excluding hydrogens is 856 g/mol. The fourth-order valence-corrected chi connectivity index (χ4v) is 7.03. The fourth-order valence-electron chi connectivity index (χ4n) is 6.24. The Kier molecular flexibility index (Phi) is 45.3. The van der Waals surface area contributed by atoms with Gasteiger partial charge in [0.05, 0.1) is 19.8 Å². The lowest BCUT2D eigenvalue weighted by atomic mass is 10.1. The van der Waals surface area contributed by atoms with E-state index >= 15 is 0 Å². The van der Waals surface area contributed by atoms with Crippen LogP contribution < -0.4 is 0 Å². The van der Waals surface area contributed by atoms with E-state index in [0.29, 0.717) is 19.3 Å².